The second-order valence-electron chi connectivity index (χ2n) is 3.53. The summed E-state index contributed by atoms with van der Waals surface area (Å²) in [6.45, 7) is 1.80. The highest BCUT2D eigenvalue weighted by atomic mass is 32.2. The number of hydrogen-bond acceptors (Lipinski definition) is 4. The van der Waals surface area contributed by atoms with Crippen molar-refractivity contribution in [2.75, 3.05) is 12.4 Å². The van der Waals surface area contributed by atoms with E-state index in [1.54, 1.807) is 12.1 Å². The third kappa shape index (κ3) is 4.61. The van der Waals surface area contributed by atoms with Gasteiger partial charge in [-0.25, -0.2) is 13.6 Å². The van der Waals surface area contributed by atoms with Crippen molar-refractivity contribution in [2.45, 2.75) is 13.5 Å². The van der Waals surface area contributed by atoms with E-state index in [4.69, 9.17) is 15.0 Å². The molecular weight excluding hydrogens is 230 g/mol. The largest absolute Gasteiger partial charge is 0.492 e. The smallest absolute Gasteiger partial charge is 0.212 e. The molecule has 16 heavy (non-hydrogen) atoms. The third-order valence-corrected chi connectivity index (χ3v) is 2.67. The number of sulfonamides is 1. The van der Waals surface area contributed by atoms with E-state index < -0.39 is 10.0 Å². The Balaban J connectivity index is 2.63. The van der Waals surface area contributed by atoms with Gasteiger partial charge in [-0.05, 0) is 30.2 Å². The van der Waals surface area contributed by atoms with Crippen LogP contribution < -0.4 is 9.88 Å². The lowest BCUT2D eigenvalue weighted by molar-refractivity contribution is 0.280. The van der Waals surface area contributed by atoms with Crippen molar-refractivity contribution in [3.05, 3.63) is 29.3 Å². The Morgan fingerprint density at radius 2 is 2.06 bits per heavy atom. The summed E-state index contributed by atoms with van der Waals surface area (Å²) in [5.41, 5.74) is 1.67. The number of rotatable bonds is 5. The summed E-state index contributed by atoms with van der Waals surface area (Å²) in [5, 5.41) is 13.8. The van der Waals surface area contributed by atoms with Gasteiger partial charge in [0.05, 0.1) is 12.4 Å². The highest BCUT2D eigenvalue weighted by Crippen LogP contribution is 2.16. The van der Waals surface area contributed by atoms with Gasteiger partial charge in [0, 0.05) is 0 Å². The van der Waals surface area contributed by atoms with Gasteiger partial charge in [-0.3, -0.25) is 0 Å². The minimum Gasteiger partial charge on any atom is -0.492 e. The molecule has 0 heterocycles. The van der Waals surface area contributed by atoms with Crippen LogP contribution in [0.3, 0.4) is 0 Å². The standard InChI is InChI=1S/C10H15NO4S/c1-8-4-9(7-12)6-10(5-8)15-2-3-16(11,13)14/h4-6,12H,2-3,7H2,1H3,(H2,11,13,14). The molecule has 0 bridgehead atoms. The molecule has 0 aromatic heterocycles. The van der Waals surface area contributed by atoms with Gasteiger partial charge in [-0.1, -0.05) is 6.07 Å². The third-order valence-electron chi connectivity index (χ3n) is 1.93. The number of primary sulfonamides is 1. The second kappa shape index (κ2) is 5.29. The lowest BCUT2D eigenvalue weighted by Gasteiger charge is -2.08. The quantitative estimate of drug-likeness (QED) is 0.773. The van der Waals surface area contributed by atoms with E-state index in [1.807, 2.05) is 13.0 Å². The van der Waals surface area contributed by atoms with Crippen LogP contribution in [0, 0.1) is 6.92 Å². The molecule has 0 aliphatic heterocycles. The highest BCUT2D eigenvalue weighted by Gasteiger charge is 2.04. The summed E-state index contributed by atoms with van der Waals surface area (Å²) in [6, 6.07) is 5.25. The van der Waals surface area contributed by atoms with Crippen LogP contribution in [0.5, 0.6) is 5.75 Å². The maximum absolute atomic E-state index is 10.7. The van der Waals surface area contributed by atoms with Crippen molar-refractivity contribution in [3.63, 3.8) is 0 Å². The van der Waals surface area contributed by atoms with Crippen LogP contribution in [0.1, 0.15) is 11.1 Å². The Labute approximate surface area is 94.9 Å². The zero-order valence-corrected chi connectivity index (χ0v) is 9.83. The van der Waals surface area contributed by atoms with Crippen LogP contribution >= 0.6 is 0 Å². The van der Waals surface area contributed by atoms with Crippen LogP contribution in [-0.2, 0) is 16.6 Å². The van der Waals surface area contributed by atoms with E-state index in [-0.39, 0.29) is 19.0 Å². The number of hydrogen-bond donors (Lipinski definition) is 2. The van der Waals surface area contributed by atoms with Gasteiger partial charge in [0.15, 0.2) is 0 Å². The summed E-state index contributed by atoms with van der Waals surface area (Å²) >= 11 is 0. The molecular formula is C10H15NO4S. The lowest BCUT2D eigenvalue weighted by Crippen LogP contribution is -2.21. The van der Waals surface area contributed by atoms with Gasteiger partial charge < -0.3 is 9.84 Å². The Morgan fingerprint density at radius 1 is 1.38 bits per heavy atom. The fourth-order valence-electron chi connectivity index (χ4n) is 1.27. The molecule has 1 aromatic rings. The molecule has 90 valence electrons. The van der Waals surface area contributed by atoms with Gasteiger partial charge in [-0.2, -0.15) is 0 Å². The minimum absolute atomic E-state index is 0.00710. The summed E-state index contributed by atoms with van der Waals surface area (Å²) < 4.78 is 26.6. The first-order valence-corrected chi connectivity index (χ1v) is 6.47. The van der Waals surface area contributed by atoms with E-state index in [0.29, 0.717) is 5.75 Å². The van der Waals surface area contributed by atoms with E-state index in [0.717, 1.165) is 11.1 Å². The normalized spacial score (nSPS) is 11.4. The lowest BCUT2D eigenvalue weighted by atomic mass is 10.1. The molecule has 0 radical (unpaired) electrons. The predicted molar refractivity (Wildman–Crippen MR) is 60.6 cm³/mol. The molecule has 0 aliphatic carbocycles. The van der Waals surface area contributed by atoms with Crippen LogP contribution in [0.15, 0.2) is 18.2 Å². The van der Waals surface area contributed by atoms with Gasteiger partial charge in [0.25, 0.3) is 0 Å². The van der Waals surface area contributed by atoms with Crippen LogP contribution in [0.25, 0.3) is 0 Å². The van der Waals surface area contributed by atoms with E-state index in [1.165, 1.54) is 0 Å². The monoisotopic (exact) mass is 245 g/mol. The molecule has 0 amide bonds. The summed E-state index contributed by atoms with van der Waals surface area (Å²) in [5.74, 6) is 0.308. The highest BCUT2D eigenvalue weighted by molar-refractivity contribution is 7.89. The van der Waals surface area contributed by atoms with Gasteiger partial charge in [0.2, 0.25) is 10.0 Å². The van der Waals surface area contributed by atoms with Gasteiger partial charge in [-0.15, -0.1) is 0 Å². The molecule has 0 spiro atoms. The zero-order chi connectivity index (χ0) is 12.2. The van der Waals surface area contributed by atoms with Gasteiger partial charge >= 0.3 is 0 Å². The molecule has 0 saturated carbocycles. The Morgan fingerprint density at radius 3 is 2.62 bits per heavy atom. The molecule has 5 nitrogen and oxygen atoms in total. The van der Waals surface area contributed by atoms with Crippen molar-refractivity contribution in [2.24, 2.45) is 5.14 Å². The Bertz CT molecular complexity index is 456. The average Bonchev–Trinajstić information content (AvgIpc) is 2.14. The minimum atomic E-state index is -3.49. The zero-order valence-electron chi connectivity index (χ0n) is 9.01. The second-order valence-corrected chi connectivity index (χ2v) is 5.26. The van der Waals surface area contributed by atoms with Crippen LogP contribution in [-0.4, -0.2) is 25.9 Å². The average molecular weight is 245 g/mol. The Hall–Kier alpha value is -1.11. The number of aryl methyl sites for hydroxylation is 1. The number of nitrogens with two attached hydrogens (primary N) is 1. The molecule has 1 aromatic carbocycles. The molecule has 3 N–H and O–H groups in total. The molecule has 0 atom stereocenters. The number of benzene rings is 1. The van der Waals surface area contributed by atoms with E-state index >= 15 is 0 Å². The van der Waals surface area contributed by atoms with Crippen molar-refractivity contribution in [3.8, 4) is 5.75 Å². The first kappa shape index (κ1) is 13.0. The molecule has 1 rings (SSSR count). The maximum atomic E-state index is 10.7. The van der Waals surface area contributed by atoms with E-state index in [9.17, 15) is 8.42 Å². The first-order valence-electron chi connectivity index (χ1n) is 4.75. The fourth-order valence-corrected chi connectivity index (χ4v) is 1.59. The number of aliphatic hydroxyl groups excluding tert-OH is 1. The maximum Gasteiger partial charge on any atom is 0.212 e. The van der Waals surface area contributed by atoms with E-state index in [2.05, 4.69) is 0 Å². The van der Waals surface area contributed by atoms with Crippen molar-refractivity contribution in [1.29, 1.82) is 0 Å². The summed E-state index contributed by atoms with van der Waals surface area (Å²) in [6.07, 6.45) is 0. The fraction of sp³-hybridized carbons (Fsp3) is 0.400. The van der Waals surface area contributed by atoms with Crippen LogP contribution in [0.2, 0.25) is 0 Å². The molecule has 0 fully saturated rings. The first-order chi connectivity index (χ1) is 7.40. The predicted octanol–water partition coefficient (Wildman–Crippen LogP) is 0.155. The van der Waals surface area contributed by atoms with Crippen molar-refractivity contribution >= 4 is 10.0 Å². The Kier molecular flexibility index (Phi) is 4.28. The van der Waals surface area contributed by atoms with Crippen molar-refractivity contribution < 1.29 is 18.3 Å². The molecule has 6 heteroatoms. The van der Waals surface area contributed by atoms with Crippen molar-refractivity contribution in [1.82, 2.24) is 0 Å². The molecule has 0 saturated heterocycles. The summed E-state index contributed by atoms with van der Waals surface area (Å²) in [7, 11) is -3.49. The van der Waals surface area contributed by atoms with Gasteiger partial charge in [0.1, 0.15) is 12.4 Å². The number of ether oxygens (including phenoxy) is 1. The summed E-state index contributed by atoms with van der Waals surface area (Å²) in [4.78, 5) is 0. The SMILES string of the molecule is Cc1cc(CO)cc(OCCS(N)(=O)=O)c1. The topological polar surface area (TPSA) is 89.6 Å². The molecule has 0 aliphatic rings. The molecule has 0 unspecified atom stereocenters. The number of aliphatic hydroxyl groups is 1. The van der Waals surface area contributed by atoms with Crippen LogP contribution in [0.4, 0.5) is 0 Å².